The minimum atomic E-state index is -0.804. The standard InChI is InChI=1S/C15H14F2N2O/c1-9-4-3-5-11(6-9)19-15(20)10-7-12(16)14(18-2)13(17)8-10/h3-8,18H,1-2H3,(H,19,20). The van der Waals surface area contributed by atoms with Gasteiger partial charge in [-0.15, -0.1) is 0 Å². The zero-order valence-electron chi connectivity index (χ0n) is 11.1. The van der Waals surface area contributed by atoms with Gasteiger partial charge in [-0.1, -0.05) is 12.1 Å². The first-order valence-electron chi connectivity index (χ1n) is 6.06. The second-order valence-corrected chi connectivity index (χ2v) is 4.39. The molecule has 2 rings (SSSR count). The summed E-state index contributed by atoms with van der Waals surface area (Å²) in [5.74, 6) is -2.17. The Morgan fingerprint density at radius 3 is 2.30 bits per heavy atom. The first kappa shape index (κ1) is 14.0. The van der Waals surface area contributed by atoms with Crippen LogP contribution in [0.25, 0.3) is 0 Å². The lowest BCUT2D eigenvalue weighted by Crippen LogP contribution is -2.13. The Kier molecular flexibility index (Phi) is 3.98. The number of benzene rings is 2. The fraction of sp³-hybridized carbons (Fsp3) is 0.133. The van der Waals surface area contributed by atoms with E-state index in [-0.39, 0.29) is 11.3 Å². The Morgan fingerprint density at radius 2 is 1.75 bits per heavy atom. The summed E-state index contributed by atoms with van der Waals surface area (Å²) in [4.78, 5) is 12.0. The van der Waals surface area contributed by atoms with Gasteiger partial charge in [0.2, 0.25) is 0 Å². The molecule has 3 nitrogen and oxygen atoms in total. The molecule has 20 heavy (non-hydrogen) atoms. The molecule has 2 N–H and O–H groups in total. The number of carbonyl (C=O) groups excluding carboxylic acids is 1. The molecule has 0 aromatic heterocycles. The first-order valence-corrected chi connectivity index (χ1v) is 6.06. The molecule has 0 atom stereocenters. The lowest BCUT2D eigenvalue weighted by atomic mass is 10.1. The van der Waals surface area contributed by atoms with Crippen LogP contribution >= 0.6 is 0 Å². The summed E-state index contributed by atoms with van der Waals surface area (Å²) in [7, 11) is 1.41. The summed E-state index contributed by atoms with van der Waals surface area (Å²) >= 11 is 0. The van der Waals surface area contributed by atoms with Crippen LogP contribution < -0.4 is 10.6 Å². The number of anilines is 2. The highest BCUT2D eigenvalue weighted by Crippen LogP contribution is 2.21. The van der Waals surface area contributed by atoms with Crippen LogP contribution in [0.3, 0.4) is 0 Å². The molecule has 0 radical (unpaired) electrons. The van der Waals surface area contributed by atoms with Crippen molar-refractivity contribution in [2.75, 3.05) is 17.7 Å². The summed E-state index contributed by atoms with van der Waals surface area (Å²) < 4.78 is 27.2. The quantitative estimate of drug-likeness (QED) is 0.899. The molecular formula is C15H14F2N2O. The van der Waals surface area contributed by atoms with Gasteiger partial charge in [0.25, 0.3) is 5.91 Å². The number of amides is 1. The average Bonchev–Trinajstić information content (AvgIpc) is 2.38. The molecule has 0 spiro atoms. The zero-order valence-corrected chi connectivity index (χ0v) is 11.1. The van der Waals surface area contributed by atoms with Gasteiger partial charge in [0.1, 0.15) is 17.3 Å². The Hall–Kier alpha value is -2.43. The second-order valence-electron chi connectivity index (χ2n) is 4.39. The summed E-state index contributed by atoms with van der Waals surface area (Å²) in [6, 6.07) is 9.15. The van der Waals surface area contributed by atoms with Crippen molar-refractivity contribution in [3.05, 3.63) is 59.2 Å². The molecule has 2 aromatic carbocycles. The minimum Gasteiger partial charge on any atom is -0.383 e. The van der Waals surface area contributed by atoms with Crippen molar-refractivity contribution in [3.8, 4) is 0 Å². The number of rotatable bonds is 3. The van der Waals surface area contributed by atoms with Crippen molar-refractivity contribution in [2.45, 2.75) is 6.92 Å². The molecule has 0 bridgehead atoms. The van der Waals surface area contributed by atoms with Gasteiger partial charge >= 0.3 is 0 Å². The lowest BCUT2D eigenvalue weighted by Gasteiger charge is -2.09. The molecule has 5 heteroatoms. The maximum atomic E-state index is 13.6. The molecule has 0 fully saturated rings. The SMILES string of the molecule is CNc1c(F)cc(C(=O)Nc2cccc(C)c2)cc1F. The van der Waals surface area contributed by atoms with Crippen molar-refractivity contribution in [1.82, 2.24) is 0 Å². The van der Waals surface area contributed by atoms with Crippen LogP contribution in [-0.2, 0) is 0 Å². The highest BCUT2D eigenvalue weighted by molar-refractivity contribution is 6.04. The highest BCUT2D eigenvalue weighted by atomic mass is 19.1. The number of hydrogen-bond acceptors (Lipinski definition) is 2. The van der Waals surface area contributed by atoms with Crippen molar-refractivity contribution >= 4 is 17.3 Å². The van der Waals surface area contributed by atoms with Crippen LogP contribution in [0.1, 0.15) is 15.9 Å². The van der Waals surface area contributed by atoms with E-state index in [1.54, 1.807) is 18.2 Å². The van der Waals surface area contributed by atoms with E-state index in [2.05, 4.69) is 10.6 Å². The number of nitrogens with one attached hydrogen (secondary N) is 2. The van der Waals surface area contributed by atoms with Crippen LogP contribution in [-0.4, -0.2) is 13.0 Å². The Labute approximate surface area is 115 Å². The third-order valence-electron chi connectivity index (χ3n) is 2.83. The third-order valence-corrected chi connectivity index (χ3v) is 2.83. The van der Waals surface area contributed by atoms with E-state index in [1.165, 1.54) is 7.05 Å². The first-order chi connectivity index (χ1) is 9.51. The average molecular weight is 276 g/mol. The number of carbonyl (C=O) groups is 1. The van der Waals surface area contributed by atoms with Gasteiger partial charge in [0.05, 0.1) is 0 Å². The van der Waals surface area contributed by atoms with E-state index in [4.69, 9.17) is 0 Å². The van der Waals surface area contributed by atoms with Gasteiger partial charge in [-0.3, -0.25) is 4.79 Å². The van der Waals surface area contributed by atoms with Crippen LogP contribution in [0.5, 0.6) is 0 Å². The Balaban J connectivity index is 2.26. The fourth-order valence-electron chi connectivity index (χ4n) is 1.87. The molecule has 0 aliphatic rings. The van der Waals surface area contributed by atoms with Crippen LogP contribution in [0.15, 0.2) is 36.4 Å². The van der Waals surface area contributed by atoms with Crippen molar-refractivity contribution in [2.24, 2.45) is 0 Å². The molecule has 2 aromatic rings. The molecule has 0 saturated carbocycles. The van der Waals surface area contributed by atoms with E-state index in [1.807, 2.05) is 13.0 Å². The van der Waals surface area contributed by atoms with Gasteiger partial charge in [-0.2, -0.15) is 0 Å². The Bertz CT molecular complexity index is 633. The lowest BCUT2D eigenvalue weighted by molar-refractivity contribution is 0.102. The number of halogens is 2. The van der Waals surface area contributed by atoms with E-state index in [9.17, 15) is 13.6 Å². The molecule has 0 heterocycles. The van der Waals surface area contributed by atoms with E-state index in [0.717, 1.165) is 17.7 Å². The summed E-state index contributed by atoms with van der Waals surface area (Å²) in [6.07, 6.45) is 0. The molecule has 0 aliphatic heterocycles. The third kappa shape index (κ3) is 2.93. The van der Waals surface area contributed by atoms with Gasteiger partial charge in [0, 0.05) is 18.3 Å². The topological polar surface area (TPSA) is 41.1 Å². The van der Waals surface area contributed by atoms with Crippen molar-refractivity contribution in [1.29, 1.82) is 0 Å². The van der Waals surface area contributed by atoms with Crippen molar-refractivity contribution in [3.63, 3.8) is 0 Å². The predicted molar refractivity (Wildman–Crippen MR) is 75.0 cm³/mol. The van der Waals surface area contributed by atoms with Gasteiger partial charge in [0.15, 0.2) is 0 Å². The van der Waals surface area contributed by atoms with E-state index < -0.39 is 17.5 Å². The fourth-order valence-corrected chi connectivity index (χ4v) is 1.87. The normalized spacial score (nSPS) is 10.2. The largest absolute Gasteiger partial charge is 0.383 e. The Morgan fingerprint density at radius 1 is 1.10 bits per heavy atom. The molecule has 104 valence electrons. The maximum absolute atomic E-state index is 13.6. The highest BCUT2D eigenvalue weighted by Gasteiger charge is 2.14. The zero-order chi connectivity index (χ0) is 14.7. The molecule has 1 amide bonds. The summed E-state index contributed by atoms with van der Waals surface area (Å²) in [5, 5.41) is 5.00. The molecule has 0 unspecified atom stereocenters. The van der Waals surface area contributed by atoms with Crippen LogP contribution in [0.4, 0.5) is 20.2 Å². The smallest absolute Gasteiger partial charge is 0.255 e. The van der Waals surface area contributed by atoms with Gasteiger partial charge in [-0.05, 0) is 36.8 Å². The second kappa shape index (κ2) is 5.69. The molecule has 0 aliphatic carbocycles. The van der Waals surface area contributed by atoms with Crippen LogP contribution in [0, 0.1) is 18.6 Å². The van der Waals surface area contributed by atoms with Crippen molar-refractivity contribution < 1.29 is 13.6 Å². The number of hydrogen-bond donors (Lipinski definition) is 2. The molecule has 0 saturated heterocycles. The monoisotopic (exact) mass is 276 g/mol. The molecular weight excluding hydrogens is 262 g/mol. The van der Waals surface area contributed by atoms with E-state index in [0.29, 0.717) is 5.69 Å². The van der Waals surface area contributed by atoms with Gasteiger partial charge in [-0.25, -0.2) is 8.78 Å². The summed E-state index contributed by atoms with van der Waals surface area (Å²) in [6.45, 7) is 1.89. The minimum absolute atomic E-state index is 0.0690. The summed E-state index contributed by atoms with van der Waals surface area (Å²) in [5.41, 5.74) is 1.23. The number of aryl methyl sites for hydroxylation is 1. The van der Waals surface area contributed by atoms with Crippen LogP contribution in [0.2, 0.25) is 0 Å². The maximum Gasteiger partial charge on any atom is 0.255 e. The predicted octanol–water partition coefficient (Wildman–Crippen LogP) is 3.57. The van der Waals surface area contributed by atoms with Gasteiger partial charge < -0.3 is 10.6 Å². The van der Waals surface area contributed by atoms with E-state index >= 15 is 0 Å².